The van der Waals surface area contributed by atoms with Gasteiger partial charge in [0.15, 0.2) is 0 Å². The topological polar surface area (TPSA) is 55.1 Å². The number of nitrogens with zero attached hydrogens (tertiary/aromatic N) is 4. The highest BCUT2D eigenvalue weighted by Crippen LogP contribution is 2.29. The van der Waals surface area contributed by atoms with Gasteiger partial charge < -0.3 is 5.32 Å². The van der Waals surface area contributed by atoms with Crippen LogP contribution in [0.1, 0.15) is 53.8 Å². The molecule has 2 heterocycles. The standard InChI is InChI=1S/C19H23N5/c1-12-13(2)23-24-11-20-22-19(24)18(12)21-14(3)16-9-8-15-6-4-5-7-17(15)10-16/h8-11,14,21H,4-7H2,1-3H3. The Morgan fingerprint density at radius 3 is 2.75 bits per heavy atom. The molecule has 0 saturated heterocycles. The van der Waals surface area contributed by atoms with E-state index >= 15 is 0 Å². The van der Waals surface area contributed by atoms with Crippen molar-refractivity contribution in [1.29, 1.82) is 0 Å². The summed E-state index contributed by atoms with van der Waals surface area (Å²) >= 11 is 0. The van der Waals surface area contributed by atoms with Crippen molar-refractivity contribution in [3.05, 3.63) is 52.5 Å². The first-order valence-corrected chi connectivity index (χ1v) is 8.69. The van der Waals surface area contributed by atoms with Crippen LogP contribution >= 0.6 is 0 Å². The summed E-state index contributed by atoms with van der Waals surface area (Å²) in [6, 6.07) is 7.14. The lowest BCUT2D eigenvalue weighted by Gasteiger charge is -2.21. The van der Waals surface area contributed by atoms with Gasteiger partial charge in [0, 0.05) is 6.04 Å². The second-order valence-corrected chi connectivity index (χ2v) is 6.79. The predicted molar refractivity (Wildman–Crippen MR) is 95.4 cm³/mol. The van der Waals surface area contributed by atoms with Gasteiger partial charge >= 0.3 is 0 Å². The minimum Gasteiger partial charge on any atom is -0.375 e. The lowest BCUT2D eigenvalue weighted by atomic mass is 9.89. The fourth-order valence-corrected chi connectivity index (χ4v) is 3.55. The maximum absolute atomic E-state index is 4.49. The number of aromatic nitrogens is 4. The third-order valence-corrected chi connectivity index (χ3v) is 5.16. The van der Waals surface area contributed by atoms with E-state index in [4.69, 9.17) is 0 Å². The van der Waals surface area contributed by atoms with Crippen LogP contribution in [0.2, 0.25) is 0 Å². The second kappa shape index (κ2) is 5.89. The van der Waals surface area contributed by atoms with Crippen molar-refractivity contribution in [3.8, 4) is 0 Å². The third kappa shape index (κ3) is 2.54. The van der Waals surface area contributed by atoms with Gasteiger partial charge in [-0.2, -0.15) is 9.61 Å². The van der Waals surface area contributed by atoms with Crippen LogP contribution in [0, 0.1) is 13.8 Å². The number of nitrogens with one attached hydrogen (secondary N) is 1. The molecule has 24 heavy (non-hydrogen) atoms. The van der Waals surface area contributed by atoms with E-state index in [0.29, 0.717) is 0 Å². The van der Waals surface area contributed by atoms with Gasteiger partial charge in [-0.25, -0.2) is 0 Å². The van der Waals surface area contributed by atoms with Crippen LogP contribution in [-0.2, 0) is 12.8 Å². The summed E-state index contributed by atoms with van der Waals surface area (Å²) in [4.78, 5) is 0. The van der Waals surface area contributed by atoms with Crippen LogP contribution in [0.4, 0.5) is 5.69 Å². The van der Waals surface area contributed by atoms with Crippen LogP contribution in [-0.4, -0.2) is 19.8 Å². The lowest BCUT2D eigenvalue weighted by molar-refractivity contribution is 0.683. The molecule has 0 fully saturated rings. The number of fused-ring (bicyclic) bond motifs is 2. The number of anilines is 1. The average molecular weight is 321 g/mol. The minimum absolute atomic E-state index is 0.207. The molecule has 0 amide bonds. The second-order valence-electron chi connectivity index (χ2n) is 6.79. The number of aryl methyl sites for hydroxylation is 3. The number of rotatable bonds is 3. The fraction of sp³-hybridized carbons (Fsp3) is 0.421. The van der Waals surface area contributed by atoms with Crippen molar-refractivity contribution in [3.63, 3.8) is 0 Å². The van der Waals surface area contributed by atoms with Gasteiger partial charge in [-0.1, -0.05) is 18.2 Å². The molecule has 0 aliphatic heterocycles. The summed E-state index contributed by atoms with van der Waals surface area (Å²) in [5.74, 6) is 0. The van der Waals surface area contributed by atoms with E-state index in [0.717, 1.165) is 22.6 Å². The zero-order chi connectivity index (χ0) is 16.7. The SMILES string of the molecule is Cc1nn2cnnc2c(NC(C)c2ccc3c(c2)CCCC3)c1C. The fourth-order valence-electron chi connectivity index (χ4n) is 3.55. The summed E-state index contributed by atoms with van der Waals surface area (Å²) in [5, 5.41) is 16.3. The third-order valence-electron chi connectivity index (χ3n) is 5.16. The van der Waals surface area contributed by atoms with Gasteiger partial charge in [0.2, 0.25) is 5.65 Å². The van der Waals surface area contributed by atoms with Gasteiger partial charge in [0.25, 0.3) is 0 Å². The molecule has 0 bridgehead atoms. The lowest BCUT2D eigenvalue weighted by Crippen LogP contribution is -2.12. The Bertz CT molecular complexity index is 896. The first-order valence-electron chi connectivity index (χ1n) is 8.69. The Labute approximate surface area is 142 Å². The van der Waals surface area contributed by atoms with Crippen molar-refractivity contribution in [1.82, 2.24) is 19.8 Å². The largest absolute Gasteiger partial charge is 0.375 e. The molecule has 124 valence electrons. The van der Waals surface area contributed by atoms with Crippen molar-refractivity contribution in [2.75, 3.05) is 5.32 Å². The molecule has 1 aromatic carbocycles. The number of hydrogen-bond donors (Lipinski definition) is 1. The van der Waals surface area contributed by atoms with E-state index < -0.39 is 0 Å². The Kier molecular flexibility index (Phi) is 3.71. The normalized spacial score (nSPS) is 15.3. The predicted octanol–water partition coefficient (Wildman–Crippen LogP) is 3.79. The minimum atomic E-state index is 0.207. The summed E-state index contributed by atoms with van der Waals surface area (Å²) in [5.41, 5.74) is 8.27. The molecule has 5 nitrogen and oxygen atoms in total. The molecule has 3 aromatic rings. The van der Waals surface area contributed by atoms with Gasteiger partial charge in [0.1, 0.15) is 6.33 Å². The summed E-state index contributed by atoms with van der Waals surface area (Å²) in [7, 11) is 0. The Morgan fingerprint density at radius 2 is 1.92 bits per heavy atom. The van der Waals surface area contributed by atoms with Crippen molar-refractivity contribution in [2.45, 2.75) is 52.5 Å². The van der Waals surface area contributed by atoms with Crippen LogP contribution in [0.5, 0.6) is 0 Å². The van der Waals surface area contributed by atoms with Gasteiger partial charge in [-0.05, 0) is 68.7 Å². The first-order chi connectivity index (χ1) is 11.6. The zero-order valence-corrected chi connectivity index (χ0v) is 14.5. The maximum Gasteiger partial charge on any atom is 0.200 e. The zero-order valence-electron chi connectivity index (χ0n) is 14.5. The summed E-state index contributed by atoms with van der Waals surface area (Å²) in [6.45, 7) is 6.30. The quantitative estimate of drug-likeness (QED) is 0.797. The van der Waals surface area contributed by atoms with E-state index in [-0.39, 0.29) is 6.04 Å². The van der Waals surface area contributed by atoms with E-state index in [2.05, 4.69) is 52.7 Å². The van der Waals surface area contributed by atoms with Crippen LogP contribution in [0.3, 0.4) is 0 Å². The van der Waals surface area contributed by atoms with E-state index in [9.17, 15) is 0 Å². The van der Waals surface area contributed by atoms with Gasteiger partial charge in [-0.15, -0.1) is 10.2 Å². The van der Waals surface area contributed by atoms with Crippen LogP contribution in [0.25, 0.3) is 5.65 Å². The molecule has 1 unspecified atom stereocenters. The molecule has 2 aromatic heterocycles. The highest BCUT2D eigenvalue weighted by atomic mass is 15.3. The van der Waals surface area contributed by atoms with Gasteiger partial charge in [0.05, 0.1) is 11.4 Å². The van der Waals surface area contributed by atoms with E-state index in [1.165, 1.54) is 42.4 Å². The Balaban J connectivity index is 1.68. The van der Waals surface area contributed by atoms with Crippen molar-refractivity contribution >= 4 is 11.3 Å². The molecular formula is C19H23N5. The molecule has 1 N–H and O–H groups in total. The molecule has 1 aliphatic carbocycles. The highest BCUT2D eigenvalue weighted by molar-refractivity contribution is 5.71. The Morgan fingerprint density at radius 1 is 1.12 bits per heavy atom. The van der Waals surface area contributed by atoms with E-state index in [1.54, 1.807) is 10.8 Å². The van der Waals surface area contributed by atoms with Gasteiger partial charge in [-0.3, -0.25) is 0 Å². The number of hydrogen-bond acceptors (Lipinski definition) is 4. The molecule has 1 aliphatic rings. The van der Waals surface area contributed by atoms with E-state index in [1.807, 2.05) is 6.92 Å². The molecule has 0 spiro atoms. The molecule has 4 rings (SSSR count). The number of benzene rings is 1. The smallest absolute Gasteiger partial charge is 0.200 e. The summed E-state index contributed by atoms with van der Waals surface area (Å²) < 4.78 is 1.74. The molecule has 1 atom stereocenters. The molecule has 0 radical (unpaired) electrons. The monoisotopic (exact) mass is 321 g/mol. The summed E-state index contributed by atoms with van der Waals surface area (Å²) in [6.07, 6.45) is 6.70. The van der Waals surface area contributed by atoms with Crippen LogP contribution < -0.4 is 5.32 Å². The Hall–Kier alpha value is -2.43. The van der Waals surface area contributed by atoms with Crippen molar-refractivity contribution < 1.29 is 0 Å². The van der Waals surface area contributed by atoms with Crippen molar-refractivity contribution in [2.24, 2.45) is 0 Å². The molecule has 0 saturated carbocycles. The highest BCUT2D eigenvalue weighted by Gasteiger charge is 2.16. The van der Waals surface area contributed by atoms with Crippen LogP contribution in [0.15, 0.2) is 24.5 Å². The average Bonchev–Trinajstić information content (AvgIpc) is 3.06. The maximum atomic E-state index is 4.49. The molecular weight excluding hydrogens is 298 g/mol. The first kappa shape index (κ1) is 15.1. The molecule has 5 heteroatoms.